The van der Waals surface area contributed by atoms with E-state index in [0.29, 0.717) is 16.1 Å². The molecule has 1 aromatic heterocycles. The van der Waals surface area contributed by atoms with Gasteiger partial charge in [-0.05, 0) is 28.1 Å². The summed E-state index contributed by atoms with van der Waals surface area (Å²) in [7, 11) is 0. The molecule has 1 aliphatic heterocycles. The van der Waals surface area contributed by atoms with Crippen LogP contribution in [0.2, 0.25) is 0 Å². The lowest BCUT2D eigenvalue weighted by molar-refractivity contribution is 0.112. The summed E-state index contributed by atoms with van der Waals surface area (Å²) in [5.41, 5.74) is 0.576. The molecule has 5 heteroatoms. The van der Waals surface area contributed by atoms with E-state index in [4.69, 9.17) is 4.52 Å². The molecule has 0 radical (unpaired) electrons. The molecule has 3 nitrogen and oxygen atoms in total. The fourth-order valence-electron chi connectivity index (χ4n) is 1.43. The topological polar surface area (TPSA) is 43.1 Å². The summed E-state index contributed by atoms with van der Waals surface area (Å²) >= 11 is 5.07. The van der Waals surface area contributed by atoms with Crippen LogP contribution < -0.4 is 0 Å². The van der Waals surface area contributed by atoms with Crippen molar-refractivity contribution >= 4 is 34.0 Å². The molecule has 0 N–H and O–H groups in total. The molecule has 2 heterocycles. The van der Waals surface area contributed by atoms with Crippen LogP contribution in [0.15, 0.2) is 9.13 Å². The van der Waals surface area contributed by atoms with Crippen molar-refractivity contribution in [2.75, 3.05) is 11.5 Å². The zero-order valence-electron chi connectivity index (χ0n) is 6.83. The van der Waals surface area contributed by atoms with Gasteiger partial charge < -0.3 is 4.52 Å². The number of carbonyl (C=O) groups excluding carboxylic acids is 1. The van der Waals surface area contributed by atoms with Crippen molar-refractivity contribution in [1.29, 1.82) is 0 Å². The maximum atomic E-state index is 10.7. The van der Waals surface area contributed by atoms with Gasteiger partial charge in [-0.15, -0.1) is 0 Å². The number of halogens is 1. The predicted octanol–water partition coefficient (Wildman–Crippen LogP) is 2.47. The lowest BCUT2D eigenvalue weighted by atomic mass is 10.0. The molecule has 1 aliphatic rings. The van der Waals surface area contributed by atoms with Crippen molar-refractivity contribution in [1.82, 2.24) is 5.16 Å². The van der Waals surface area contributed by atoms with Gasteiger partial charge in [0.05, 0.1) is 5.56 Å². The van der Waals surface area contributed by atoms with E-state index in [1.807, 2.05) is 11.8 Å². The van der Waals surface area contributed by atoms with E-state index in [2.05, 4.69) is 21.1 Å². The Labute approximate surface area is 88.4 Å². The summed E-state index contributed by atoms with van der Waals surface area (Å²) in [6.45, 7) is 0. The molecule has 1 unspecified atom stereocenters. The molecule has 2 rings (SSSR count). The van der Waals surface area contributed by atoms with E-state index in [1.54, 1.807) is 0 Å². The van der Waals surface area contributed by atoms with Gasteiger partial charge in [0.15, 0.2) is 16.6 Å². The van der Waals surface area contributed by atoms with Crippen molar-refractivity contribution in [3.05, 3.63) is 15.9 Å². The van der Waals surface area contributed by atoms with Crippen LogP contribution in [0.1, 0.15) is 28.5 Å². The Hall–Kier alpha value is -0.290. The van der Waals surface area contributed by atoms with Crippen LogP contribution in [0.3, 0.4) is 0 Å². The van der Waals surface area contributed by atoms with E-state index in [9.17, 15) is 4.79 Å². The van der Waals surface area contributed by atoms with Crippen molar-refractivity contribution in [3.63, 3.8) is 0 Å². The molecule has 0 amide bonds. The second-order valence-corrected chi connectivity index (χ2v) is 4.83. The summed E-state index contributed by atoms with van der Waals surface area (Å²) in [5, 5.41) is 3.73. The van der Waals surface area contributed by atoms with Crippen molar-refractivity contribution < 1.29 is 9.32 Å². The number of hydrogen-bond donors (Lipinski definition) is 0. The van der Waals surface area contributed by atoms with Crippen LogP contribution in [0.5, 0.6) is 0 Å². The van der Waals surface area contributed by atoms with Gasteiger partial charge in [0, 0.05) is 11.7 Å². The molecule has 0 aromatic carbocycles. The number of carbonyl (C=O) groups is 1. The Bertz CT molecular complexity index is 320. The SMILES string of the molecule is O=Cc1c(Br)noc1C1CCSC1. The highest BCUT2D eigenvalue weighted by atomic mass is 79.9. The minimum Gasteiger partial charge on any atom is -0.359 e. The fraction of sp³-hybridized carbons (Fsp3) is 0.500. The summed E-state index contributed by atoms with van der Waals surface area (Å²) < 4.78 is 5.65. The van der Waals surface area contributed by atoms with Crippen molar-refractivity contribution in [2.45, 2.75) is 12.3 Å². The minimum atomic E-state index is 0.365. The summed E-state index contributed by atoms with van der Waals surface area (Å²) in [6, 6.07) is 0. The monoisotopic (exact) mass is 261 g/mol. The highest BCUT2D eigenvalue weighted by molar-refractivity contribution is 9.10. The van der Waals surface area contributed by atoms with Crippen LogP contribution in [0, 0.1) is 0 Å². The highest BCUT2D eigenvalue weighted by Gasteiger charge is 2.26. The minimum absolute atomic E-state index is 0.365. The molecule has 1 aromatic rings. The Morgan fingerprint density at radius 3 is 3.15 bits per heavy atom. The summed E-state index contributed by atoms with van der Waals surface area (Å²) in [5.74, 6) is 3.28. The average molecular weight is 262 g/mol. The molecule has 0 bridgehead atoms. The molecule has 13 heavy (non-hydrogen) atoms. The van der Waals surface area contributed by atoms with Crippen LogP contribution >= 0.6 is 27.7 Å². The van der Waals surface area contributed by atoms with Gasteiger partial charge in [-0.25, -0.2) is 0 Å². The van der Waals surface area contributed by atoms with E-state index in [1.165, 1.54) is 0 Å². The van der Waals surface area contributed by atoms with Gasteiger partial charge in [-0.2, -0.15) is 11.8 Å². The maximum Gasteiger partial charge on any atom is 0.160 e. The van der Waals surface area contributed by atoms with E-state index < -0.39 is 0 Å². The lowest BCUT2D eigenvalue weighted by Crippen LogP contribution is -1.97. The van der Waals surface area contributed by atoms with E-state index >= 15 is 0 Å². The van der Waals surface area contributed by atoms with Gasteiger partial charge in [0.2, 0.25) is 0 Å². The largest absolute Gasteiger partial charge is 0.359 e. The summed E-state index contributed by atoms with van der Waals surface area (Å²) in [6.07, 6.45) is 1.88. The highest BCUT2D eigenvalue weighted by Crippen LogP contribution is 2.35. The van der Waals surface area contributed by atoms with Crippen molar-refractivity contribution in [3.8, 4) is 0 Å². The van der Waals surface area contributed by atoms with Gasteiger partial charge in [-0.1, -0.05) is 5.16 Å². The van der Waals surface area contributed by atoms with Crippen LogP contribution in [0.25, 0.3) is 0 Å². The number of rotatable bonds is 2. The smallest absolute Gasteiger partial charge is 0.160 e. The normalized spacial score (nSPS) is 22.1. The second kappa shape index (κ2) is 3.84. The van der Waals surface area contributed by atoms with Gasteiger partial charge in [0.25, 0.3) is 0 Å². The van der Waals surface area contributed by atoms with E-state index in [-0.39, 0.29) is 0 Å². The first-order valence-corrected chi connectivity index (χ1v) is 5.95. The fourth-order valence-corrected chi connectivity index (χ4v) is 3.01. The predicted molar refractivity (Wildman–Crippen MR) is 54.3 cm³/mol. The maximum absolute atomic E-state index is 10.7. The number of nitrogens with zero attached hydrogens (tertiary/aromatic N) is 1. The quantitative estimate of drug-likeness (QED) is 0.768. The molecule has 1 atom stereocenters. The Balaban J connectivity index is 2.32. The third kappa shape index (κ3) is 1.67. The molecule has 0 aliphatic carbocycles. The Kier molecular flexibility index (Phi) is 2.74. The lowest BCUT2D eigenvalue weighted by Gasteiger charge is -2.02. The first-order valence-electron chi connectivity index (χ1n) is 4.01. The first kappa shape index (κ1) is 9.27. The molecule has 0 saturated carbocycles. The molecule has 1 fully saturated rings. The third-order valence-electron chi connectivity index (χ3n) is 2.13. The van der Waals surface area contributed by atoms with Crippen LogP contribution in [0.4, 0.5) is 0 Å². The van der Waals surface area contributed by atoms with Gasteiger partial charge in [0.1, 0.15) is 0 Å². The van der Waals surface area contributed by atoms with E-state index in [0.717, 1.165) is 30.0 Å². The third-order valence-corrected chi connectivity index (χ3v) is 3.86. The van der Waals surface area contributed by atoms with Gasteiger partial charge in [-0.3, -0.25) is 4.79 Å². The first-order chi connectivity index (χ1) is 6.33. The van der Waals surface area contributed by atoms with Crippen molar-refractivity contribution in [2.24, 2.45) is 0 Å². The number of hydrogen-bond acceptors (Lipinski definition) is 4. The molecule has 1 saturated heterocycles. The zero-order chi connectivity index (χ0) is 9.26. The molecular formula is C8H8BrNO2S. The number of thioether (sulfide) groups is 1. The van der Waals surface area contributed by atoms with Crippen LogP contribution in [-0.2, 0) is 0 Å². The number of aromatic nitrogens is 1. The van der Waals surface area contributed by atoms with Crippen LogP contribution in [-0.4, -0.2) is 22.9 Å². The summed E-state index contributed by atoms with van der Waals surface area (Å²) in [4.78, 5) is 10.7. The Morgan fingerprint density at radius 1 is 1.69 bits per heavy atom. The number of aldehydes is 1. The van der Waals surface area contributed by atoms with Gasteiger partial charge >= 0.3 is 0 Å². The standard InChI is InChI=1S/C8H8BrNO2S/c9-8-6(3-11)7(12-10-8)5-1-2-13-4-5/h3,5H,1-2,4H2. The Morgan fingerprint density at radius 2 is 2.54 bits per heavy atom. The zero-order valence-corrected chi connectivity index (χ0v) is 9.23. The molecule has 0 spiro atoms. The molecular weight excluding hydrogens is 254 g/mol. The average Bonchev–Trinajstić information content (AvgIpc) is 2.71. The molecule has 70 valence electrons. The second-order valence-electron chi connectivity index (χ2n) is 2.93.